The number of fused-ring (bicyclic) bond motifs is 1. The van der Waals surface area contributed by atoms with Crippen LogP contribution in [0.25, 0.3) is 0 Å². The van der Waals surface area contributed by atoms with Gasteiger partial charge >= 0.3 is 0 Å². The Morgan fingerprint density at radius 1 is 1.22 bits per heavy atom. The van der Waals surface area contributed by atoms with Crippen LogP contribution in [0.4, 0.5) is 17.6 Å². The number of halogens is 1. The third-order valence-corrected chi connectivity index (χ3v) is 3.12. The van der Waals surface area contributed by atoms with E-state index in [1.54, 1.807) is 7.05 Å². The van der Waals surface area contributed by atoms with Crippen LogP contribution < -0.4 is 10.2 Å². The quantitative estimate of drug-likeness (QED) is 0.899. The van der Waals surface area contributed by atoms with Crippen LogP contribution in [-0.4, -0.2) is 28.5 Å². The van der Waals surface area contributed by atoms with Crippen molar-refractivity contribution in [1.29, 1.82) is 0 Å². The lowest BCUT2D eigenvalue weighted by Crippen LogP contribution is -2.17. The minimum Gasteiger partial charge on any atom is -0.357 e. The molecule has 2 heterocycles. The van der Waals surface area contributed by atoms with Crippen molar-refractivity contribution in [3.05, 3.63) is 35.1 Å². The molecule has 0 bridgehead atoms. The maximum absolute atomic E-state index is 5.91. The van der Waals surface area contributed by atoms with E-state index in [0.717, 1.165) is 18.7 Å². The number of nitrogens with zero attached hydrogens (tertiary/aromatic N) is 4. The fourth-order valence-electron chi connectivity index (χ4n) is 2.12. The standard InChI is InChI=1S/C12H12ClN5/c1-14-11-15-10(13)16-12(17-11)18-7-6-8-4-2-3-5-9(8)18/h2-5H,6-7H2,1H3,(H,14,15,16,17). The minimum absolute atomic E-state index is 0.203. The van der Waals surface area contributed by atoms with Gasteiger partial charge in [-0.3, -0.25) is 0 Å². The number of anilines is 3. The number of hydrogen-bond donors (Lipinski definition) is 1. The van der Waals surface area contributed by atoms with Crippen molar-refractivity contribution < 1.29 is 0 Å². The lowest BCUT2D eigenvalue weighted by Gasteiger charge is -2.17. The van der Waals surface area contributed by atoms with Crippen molar-refractivity contribution in [2.45, 2.75) is 6.42 Å². The van der Waals surface area contributed by atoms with E-state index in [1.165, 1.54) is 5.56 Å². The summed E-state index contributed by atoms with van der Waals surface area (Å²) in [5, 5.41) is 3.08. The summed E-state index contributed by atoms with van der Waals surface area (Å²) in [5.74, 6) is 1.07. The second kappa shape index (κ2) is 4.42. The average molecular weight is 262 g/mol. The van der Waals surface area contributed by atoms with Gasteiger partial charge in [-0.25, -0.2) is 0 Å². The first-order valence-electron chi connectivity index (χ1n) is 5.72. The van der Waals surface area contributed by atoms with E-state index < -0.39 is 0 Å². The summed E-state index contributed by atoms with van der Waals surface area (Å²) < 4.78 is 0. The normalized spacial score (nSPS) is 13.6. The third-order valence-electron chi connectivity index (χ3n) is 2.95. The summed E-state index contributed by atoms with van der Waals surface area (Å²) in [6, 6.07) is 8.25. The molecule has 0 spiro atoms. The van der Waals surface area contributed by atoms with Gasteiger partial charge in [-0.2, -0.15) is 15.0 Å². The molecular formula is C12H12ClN5. The summed E-state index contributed by atoms with van der Waals surface area (Å²) in [7, 11) is 1.76. The van der Waals surface area contributed by atoms with Gasteiger partial charge in [0, 0.05) is 19.3 Å². The van der Waals surface area contributed by atoms with E-state index in [4.69, 9.17) is 11.6 Å². The van der Waals surface area contributed by atoms with Crippen LogP contribution in [0.5, 0.6) is 0 Å². The Hall–Kier alpha value is -1.88. The first kappa shape index (κ1) is 11.2. The number of aromatic nitrogens is 3. The van der Waals surface area contributed by atoms with E-state index in [9.17, 15) is 0 Å². The molecule has 0 fully saturated rings. The van der Waals surface area contributed by atoms with Crippen LogP contribution in [-0.2, 0) is 6.42 Å². The van der Waals surface area contributed by atoms with Gasteiger partial charge in [-0.05, 0) is 29.7 Å². The summed E-state index contributed by atoms with van der Waals surface area (Å²) in [6.07, 6.45) is 0.994. The molecule has 1 N–H and O–H groups in total. The SMILES string of the molecule is CNc1nc(Cl)nc(N2CCc3ccccc32)n1. The lowest BCUT2D eigenvalue weighted by atomic mass is 10.2. The molecule has 0 saturated carbocycles. The molecule has 1 aromatic carbocycles. The molecule has 92 valence electrons. The van der Waals surface area contributed by atoms with Gasteiger partial charge in [0.25, 0.3) is 0 Å². The van der Waals surface area contributed by atoms with Crippen molar-refractivity contribution >= 4 is 29.2 Å². The lowest BCUT2D eigenvalue weighted by molar-refractivity contribution is 0.920. The zero-order valence-electron chi connectivity index (χ0n) is 9.89. The monoisotopic (exact) mass is 261 g/mol. The van der Waals surface area contributed by atoms with Gasteiger partial charge in [-0.15, -0.1) is 0 Å². The predicted molar refractivity (Wildman–Crippen MR) is 71.5 cm³/mol. The zero-order chi connectivity index (χ0) is 12.5. The van der Waals surface area contributed by atoms with Crippen LogP contribution >= 0.6 is 11.6 Å². The second-order valence-electron chi connectivity index (χ2n) is 4.01. The Morgan fingerprint density at radius 3 is 2.89 bits per heavy atom. The average Bonchev–Trinajstić information content (AvgIpc) is 2.81. The molecule has 2 aromatic rings. The van der Waals surface area contributed by atoms with E-state index in [-0.39, 0.29) is 5.28 Å². The molecule has 0 aliphatic carbocycles. The summed E-state index contributed by atoms with van der Waals surface area (Å²) >= 11 is 5.91. The van der Waals surface area contributed by atoms with Crippen LogP contribution in [0.3, 0.4) is 0 Å². The fraction of sp³-hybridized carbons (Fsp3) is 0.250. The molecule has 0 radical (unpaired) electrons. The second-order valence-corrected chi connectivity index (χ2v) is 4.35. The number of hydrogen-bond acceptors (Lipinski definition) is 5. The molecule has 18 heavy (non-hydrogen) atoms. The van der Waals surface area contributed by atoms with Crippen LogP contribution in [0, 0.1) is 0 Å². The zero-order valence-corrected chi connectivity index (χ0v) is 10.6. The Bertz CT molecular complexity index is 586. The molecule has 3 rings (SSSR count). The molecule has 6 heteroatoms. The first-order chi connectivity index (χ1) is 8.78. The van der Waals surface area contributed by atoms with Crippen molar-refractivity contribution in [3.8, 4) is 0 Å². The molecule has 1 aliphatic heterocycles. The van der Waals surface area contributed by atoms with Crippen molar-refractivity contribution in [3.63, 3.8) is 0 Å². The van der Waals surface area contributed by atoms with Crippen molar-refractivity contribution in [1.82, 2.24) is 15.0 Å². The summed E-state index contributed by atoms with van der Waals surface area (Å²) in [6.45, 7) is 0.864. The third kappa shape index (κ3) is 1.86. The smallest absolute Gasteiger partial charge is 0.236 e. The maximum atomic E-state index is 5.91. The number of nitrogens with one attached hydrogen (secondary N) is 1. The molecule has 5 nitrogen and oxygen atoms in total. The Kier molecular flexibility index (Phi) is 2.76. The van der Waals surface area contributed by atoms with E-state index in [2.05, 4.69) is 37.3 Å². The Balaban J connectivity index is 2.04. The van der Waals surface area contributed by atoms with Gasteiger partial charge in [0.1, 0.15) is 0 Å². The summed E-state index contributed by atoms with van der Waals surface area (Å²) in [5.41, 5.74) is 2.45. The highest BCUT2D eigenvalue weighted by molar-refractivity contribution is 6.28. The van der Waals surface area contributed by atoms with Gasteiger partial charge in [-0.1, -0.05) is 18.2 Å². The van der Waals surface area contributed by atoms with Gasteiger partial charge in [0.2, 0.25) is 17.2 Å². The summed E-state index contributed by atoms with van der Waals surface area (Å²) in [4.78, 5) is 14.6. The van der Waals surface area contributed by atoms with E-state index >= 15 is 0 Å². The molecule has 1 aromatic heterocycles. The van der Waals surface area contributed by atoms with Gasteiger partial charge in [0.05, 0.1) is 0 Å². The fourth-order valence-corrected chi connectivity index (χ4v) is 2.27. The predicted octanol–water partition coefficient (Wildman–Crippen LogP) is 2.26. The Labute approximate surface area is 110 Å². The topological polar surface area (TPSA) is 53.9 Å². The minimum atomic E-state index is 0.203. The molecule has 1 aliphatic rings. The number of para-hydroxylation sites is 1. The van der Waals surface area contributed by atoms with Crippen molar-refractivity contribution in [2.24, 2.45) is 0 Å². The van der Waals surface area contributed by atoms with E-state index in [0.29, 0.717) is 11.9 Å². The van der Waals surface area contributed by atoms with Gasteiger partial charge in [0.15, 0.2) is 0 Å². The highest BCUT2D eigenvalue weighted by Crippen LogP contribution is 2.32. The number of benzene rings is 1. The highest BCUT2D eigenvalue weighted by atomic mass is 35.5. The van der Waals surface area contributed by atoms with E-state index in [1.807, 2.05) is 12.1 Å². The van der Waals surface area contributed by atoms with Gasteiger partial charge < -0.3 is 10.2 Å². The first-order valence-corrected chi connectivity index (χ1v) is 6.10. The highest BCUT2D eigenvalue weighted by Gasteiger charge is 2.22. The van der Waals surface area contributed by atoms with Crippen LogP contribution in [0.15, 0.2) is 24.3 Å². The van der Waals surface area contributed by atoms with Crippen molar-refractivity contribution in [2.75, 3.05) is 23.8 Å². The molecule has 0 atom stereocenters. The number of rotatable bonds is 2. The maximum Gasteiger partial charge on any atom is 0.236 e. The molecular weight excluding hydrogens is 250 g/mol. The largest absolute Gasteiger partial charge is 0.357 e. The van der Waals surface area contributed by atoms with Crippen LogP contribution in [0.1, 0.15) is 5.56 Å². The molecule has 0 amide bonds. The van der Waals surface area contributed by atoms with Crippen LogP contribution in [0.2, 0.25) is 5.28 Å². The Morgan fingerprint density at radius 2 is 2.06 bits per heavy atom. The molecule has 0 saturated heterocycles. The molecule has 0 unspecified atom stereocenters.